The molecule has 1 amide bonds. The number of aliphatic hydroxyl groups is 2. The third-order valence-corrected chi connectivity index (χ3v) is 9.60. The monoisotopic (exact) mass is 650 g/mol. The van der Waals surface area contributed by atoms with E-state index < -0.39 is 32.7 Å². The summed E-state index contributed by atoms with van der Waals surface area (Å²) in [5, 5.41) is 24.2. The summed E-state index contributed by atoms with van der Waals surface area (Å²) in [6.07, 6.45) is 28.7. The van der Waals surface area contributed by atoms with Crippen LogP contribution < -0.4 is 5.32 Å². The molecule has 0 heterocycles. The molecule has 4 atom stereocenters. The molecule has 0 aliphatic carbocycles. The van der Waals surface area contributed by atoms with Gasteiger partial charge in [-0.1, -0.05) is 168 Å². The largest absolute Gasteiger partial charge is 0.471 e. The average Bonchev–Trinajstić information content (AvgIpc) is 3.01. The van der Waals surface area contributed by atoms with Gasteiger partial charge in [0.15, 0.2) is 0 Å². The fraction of sp³-hybridized carbons (Fsp3) is 0.971. The van der Waals surface area contributed by atoms with E-state index in [0.29, 0.717) is 12.8 Å². The predicted molar refractivity (Wildman–Crippen MR) is 183 cm³/mol. The lowest BCUT2D eigenvalue weighted by Gasteiger charge is -2.28. The summed E-state index contributed by atoms with van der Waals surface area (Å²) in [5.74, 6) is -0.261. The summed E-state index contributed by atoms with van der Waals surface area (Å²) >= 11 is 0. The van der Waals surface area contributed by atoms with Crippen molar-refractivity contribution in [3.63, 3.8) is 0 Å². The van der Waals surface area contributed by atoms with E-state index >= 15 is 0 Å². The van der Waals surface area contributed by atoms with Gasteiger partial charge in [-0.15, -0.1) is 0 Å². The van der Waals surface area contributed by atoms with Crippen LogP contribution in [0.4, 0.5) is 0 Å². The molecule has 0 bridgehead atoms. The zero-order valence-electron chi connectivity index (χ0n) is 29.0. The minimum atomic E-state index is -4.29. The third-order valence-electron chi connectivity index (χ3n) is 8.66. The van der Waals surface area contributed by atoms with Crippen LogP contribution in [0.5, 0.6) is 0 Å². The molecule has 0 aliphatic heterocycles. The molecule has 0 rings (SSSR count). The molecule has 44 heavy (non-hydrogen) atoms. The van der Waals surface area contributed by atoms with E-state index in [0.717, 1.165) is 45.6 Å². The lowest BCUT2D eigenvalue weighted by atomic mass is 9.99. The lowest BCUT2D eigenvalue weighted by Crippen LogP contribution is -2.51. The minimum absolute atomic E-state index is 0.261. The number of aliphatic hydroxyl groups excluding tert-OH is 2. The molecule has 2 unspecified atom stereocenters. The topological polar surface area (TPSA) is 125 Å². The molecule has 264 valence electrons. The minimum Gasteiger partial charge on any atom is -0.390 e. The molecule has 0 aromatic carbocycles. The summed E-state index contributed by atoms with van der Waals surface area (Å²) < 4.78 is 21.2. The highest BCUT2D eigenvalue weighted by Crippen LogP contribution is 2.42. The van der Waals surface area contributed by atoms with Crippen molar-refractivity contribution < 1.29 is 33.5 Å². The fourth-order valence-corrected chi connectivity index (χ4v) is 6.12. The van der Waals surface area contributed by atoms with Crippen molar-refractivity contribution in [1.82, 2.24) is 5.32 Å². The van der Waals surface area contributed by atoms with Gasteiger partial charge in [-0.25, -0.2) is 4.57 Å². The molecule has 0 saturated heterocycles. The number of carbonyl (C=O) groups is 1. The number of unbranched alkanes of at least 4 members (excludes halogenated alkanes) is 23. The molecule has 0 fully saturated rings. The quantitative estimate of drug-likeness (QED) is 0.0404. The highest BCUT2D eigenvalue weighted by atomic mass is 31.2. The number of hydrogen-bond acceptors (Lipinski definition) is 6. The van der Waals surface area contributed by atoms with Crippen LogP contribution in [0.25, 0.3) is 0 Å². The van der Waals surface area contributed by atoms with Crippen molar-refractivity contribution in [2.45, 2.75) is 205 Å². The van der Waals surface area contributed by atoms with E-state index in [2.05, 4.69) is 23.7 Å². The van der Waals surface area contributed by atoms with Crippen LogP contribution >= 0.6 is 7.82 Å². The summed E-state index contributed by atoms with van der Waals surface area (Å²) in [4.78, 5) is 22.3. The number of hydrogen-bond donors (Lipinski definition) is 4. The van der Waals surface area contributed by atoms with Gasteiger partial charge in [-0.05, 0) is 12.8 Å². The number of phosphoric acid groups is 1. The maximum absolute atomic E-state index is 12.6. The average molecular weight is 650 g/mol. The van der Waals surface area contributed by atoms with Gasteiger partial charge in [0, 0.05) is 13.5 Å². The number of carbonyl (C=O) groups excluding carboxylic acids is 1. The van der Waals surface area contributed by atoms with Gasteiger partial charge in [0.2, 0.25) is 5.91 Å². The number of phosphoric ester groups is 1. The molecule has 8 nitrogen and oxygen atoms in total. The van der Waals surface area contributed by atoms with Crippen LogP contribution in [0.15, 0.2) is 0 Å². The highest BCUT2D eigenvalue weighted by Gasteiger charge is 2.31. The standard InChI is InChI=1S/C35H72NO7P/c1-4-6-8-10-12-14-16-18-20-22-24-26-28-30-34(38)36-32(31-43-44(40,41)42-3)35(39)33(37)29-27-25-23-21-19-17-15-13-11-9-7-5-2/h32-33,35,37,39H,4-31H2,1-3H3,(H,36,38)(H,40,41)/t32-,33?,35-/m0/s1. The number of rotatable bonds is 34. The Morgan fingerprint density at radius 2 is 1.00 bits per heavy atom. The second-order valence-electron chi connectivity index (χ2n) is 12.8. The Balaban J connectivity index is 4.22. The smallest absolute Gasteiger partial charge is 0.390 e. The van der Waals surface area contributed by atoms with Crippen LogP contribution in [-0.2, 0) is 18.4 Å². The van der Waals surface area contributed by atoms with Gasteiger partial charge in [0.1, 0.15) is 6.10 Å². The molecule has 0 aliphatic rings. The van der Waals surface area contributed by atoms with Crippen molar-refractivity contribution in [1.29, 1.82) is 0 Å². The maximum atomic E-state index is 12.6. The molecule has 9 heteroatoms. The molecular formula is C35H72NO7P. The molecule has 0 radical (unpaired) electrons. The number of nitrogens with one attached hydrogen (secondary N) is 1. The van der Waals surface area contributed by atoms with Gasteiger partial charge in [-0.2, -0.15) is 0 Å². The predicted octanol–water partition coefficient (Wildman–Crippen LogP) is 9.53. The first-order valence-electron chi connectivity index (χ1n) is 18.5. The molecule has 4 N–H and O–H groups in total. The Kier molecular flexibility index (Phi) is 30.8. The lowest BCUT2D eigenvalue weighted by molar-refractivity contribution is -0.124. The molecule has 0 spiro atoms. The van der Waals surface area contributed by atoms with Crippen molar-refractivity contribution in [3.05, 3.63) is 0 Å². The molecule has 0 aromatic heterocycles. The van der Waals surface area contributed by atoms with Crippen LogP contribution in [0.3, 0.4) is 0 Å². The second kappa shape index (κ2) is 31.1. The normalized spacial score (nSPS) is 15.1. The SMILES string of the molecule is CCCCCCCCCCCCCCCC(=O)N[C@@H](COP(=O)(O)OC)[C@H](O)C(O)CCCCCCCCCCCCCC. The zero-order chi connectivity index (χ0) is 32.7. The van der Waals surface area contributed by atoms with Gasteiger partial charge in [0.05, 0.1) is 18.8 Å². The van der Waals surface area contributed by atoms with Crippen LogP contribution in [0.2, 0.25) is 0 Å². The van der Waals surface area contributed by atoms with Gasteiger partial charge in [0.25, 0.3) is 0 Å². The molecule has 0 saturated carbocycles. The van der Waals surface area contributed by atoms with E-state index in [1.54, 1.807) is 0 Å². The van der Waals surface area contributed by atoms with Crippen molar-refractivity contribution in [2.75, 3.05) is 13.7 Å². The van der Waals surface area contributed by atoms with Crippen LogP contribution in [0.1, 0.15) is 187 Å². The van der Waals surface area contributed by atoms with E-state index in [9.17, 15) is 24.5 Å². The summed E-state index contributed by atoms with van der Waals surface area (Å²) in [5.41, 5.74) is 0. The fourth-order valence-electron chi connectivity index (χ4n) is 5.67. The van der Waals surface area contributed by atoms with Crippen molar-refractivity contribution >= 4 is 13.7 Å². The van der Waals surface area contributed by atoms with Gasteiger partial charge in [-0.3, -0.25) is 13.8 Å². The van der Waals surface area contributed by atoms with Crippen molar-refractivity contribution in [3.8, 4) is 0 Å². The first-order valence-corrected chi connectivity index (χ1v) is 20.0. The highest BCUT2D eigenvalue weighted by molar-refractivity contribution is 7.47. The maximum Gasteiger partial charge on any atom is 0.471 e. The number of amides is 1. The van der Waals surface area contributed by atoms with E-state index in [1.165, 1.54) is 122 Å². The van der Waals surface area contributed by atoms with Crippen LogP contribution in [-0.4, -0.2) is 53.0 Å². The Bertz CT molecular complexity index is 681. The summed E-state index contributed by atoms with van der Waals surface area (Å²) in [6.45, 7) is 4.06. The Hall–Kier alpha value is -0.500. The first kappa shape index (κ1) is 43.5. The van der Waals surface area contributed by atoms with Gasteiger partial charge < -0.3 is 20.4 Å². The van der Waals surface area contributed by atoms with Crippen molar-refractivity contribution in [2.24, 2.45) is 0 Å². The summed E-state index contributed by atoms with van der Waals surface area (Å²) in [6, 6.07) is -1.01. The first-order chi connectivity index (χ1) is 21.3. The summed E-state index contributed by atoms with van der Waals surface area (Å²) in [7, 11) is -3.23. The molecule has 0 aromatic rings. The third kappa shape index (κ3) is 27.8. The molecular weight excluding hydrogens is 577 g/mol. The van der Waals surface area contributed by atoms with E-state index in [1.807, 2.05) is 0 Å². The Morgan fingerprint density at radius 3 is 1.39 bits per heavy atom. The van der Waals surface area contributed by atoms with Gasteiger partial charge >= 0.3 is 7.82 Å². The van der Waals surface area contributed by atoms with E-state index in [4.69, 9.17) is 4.52 Å². The Labute approximate surface area is 271 Å². The zero-order valence-corrected chi connectivity index (χ0v) is 29.8. The Morgan fingerprint density at radius 1 is 0.636 bits per heavy atom. The second-order valence-corrected chi connectivity index (χ2v) is 14.4. The van der Waals surface area contributed by atoms with Crippen LogP contribution in [0, 0.1) is 0 Å². The van der Waals surface area contributed by atoms with E-state index in [-0.39, 0.29) is 5.91 Å².